The number of halogens is 1. The SMILES string of the molecule is C=O.CN[C@H](C)c1ccc(F)cc1.Cc1cc(C)cc(N(C)S(C)(=O)=O)c1.NC(CO)(CCc1ccccc1)COC=O. The number of carbonyl (C=O) groups is 2. The Morgan fingerprint density at radius 1 is 1.07 bits per heavy atom. The number of ether oxygens (including phenoxy) is 1. The fourth-order valence-corrected chi connectivity index (χ4v) is 4.17. The van der Waals surface area contributed by atoms with Gasteiger partial charge in [-0.2, -0.15) is 0 Å². The number of aryl methyl sites for hydroxylation is 3. The van der Waals surface area contributed by atoms with Gasteiger partial charge in [-0.3, -0.25) is 9.10 Å². The number of hydrogen-bond donors (Lipinski definition) is 3. The van der Waals surface area contributed by atoms with E-state index < -0.39 is 15.6 Å². The lowest BCUT2D eigenvalue weighted by molar-refractivity contribution is -0.131. The zero-order valence-corrected chi connectivity index (χ0v) is 26.7. The first-order valence-corrected chi connectivity index (χ1v) is 15.3. The lowest BCUT2D eigenvalue weighted by Crippen LogP contribution is -2.48. The van der Waals surface area contributed by atoms with Gasteiger partial charge in [-0.1, -0.05) is 48.5 Å². The van der Waals surface area contributed by atoms with Gasteiger partial charge in [0.25, 0.3) is 6.47 Å². The average molecular weight is 620 g/mol. The summed E-state index contributed by atoms with van der Waals surface area (Å²) in [5.74, 6) is -0.183. The number of nitrogens with zero attached hydrogens (tertiary/aromatic N) is 1. The van der Waals surface area contributed by atoms with E-state index in [9.17, 15) is 17.6 Å². The van der Waals surface area contributed by atoms with Crippen LogP contribution in [0.1, 0.15) is 41.6 Å². The molecule has 0 bridgehead atoms. The number of hydrogen-bond acceptors (Lipinski definition) is 8. The van der Waals surface area contributed by atoms with Gasteiger partial charge in [0, 0.05) is 13.1 Å². The first-order chi connectivity index (χ1) is 20.2. The molecule has 0 saturated carbocycles. The molecule has 3 rings (SSSR count). The second-order valence-corrected chi connectivity index (χ2v) is 12.1. The number of anilines is 1. The van der Waals surface area contributed by atoms with Gasteiger partial charge in [0.15, 0.2) is 0 Å². The molecule has 3 aromatic rings. The first kappa shape index (κ1) is 39.4. The minimum atomic E-state index is -3.16. The van der Waals surface area contributed by atoms with Gasteiger partial charge in [-0.15, -0.1) is 0 Å². The van der Waals surface area contributed by atoms with Crippen LogP contribution in [-0.4, -0.2) is 65.9 Å². The van der Waals surface area contributed by atoms with E-state index in [4.69, 9.17) is 15.6 Å². The third-order valence-corrected chi connectivity index (χ3v) is 7.58. The van der Waals surface area contributed by atoms with E-state index >= 15 is 0 Å². The molecule has 0 aliphatic heterocycles. The third-order valence-electron chi connectivity index (χ3n) is 6.38. The van der Waals surface area contributed by atoms with Crippen molar-refractivity contribution in [2.24, 2.45) is 5.73 Å². The number of nitrogens with two attached hydrogens (primary N) is 1. The van der Waals surface area contributed by atoms with Crippen LogP contribution in [0.15, 0.2) is 72.8 Å². The van der Waals surface area contributed by atoms with Crippen molar-refractivity contribution in [3.63, 3.8) is 0 Å². The van der Waals surface area contributed by atoms with Crippen molar-refractivity contribution in [2.45, 2.75) is 45.2 Å². The monoisotopic (exact) mass is 619 g/mol. The number of aliphatic hydroxyl groups is 1. The maximum atomic E-state index is 12.4. The predicted octanol–water partition coefficient (Wildman–Crippen LogP) is 4.10. The van der Waals surface area contributed by atoms with Crippen LogP contribution in [0.2, 0.25) is 0 Å². The van der Waals surface area contributed by atoms with Crippen molar-refractivity contribution in [1.29, 1.82) is 0 Å². The van der Waals surface area contributed by atoms with Gasteiger partial charge >= 0.3 is 0 Å². The van der Waals surface area contributed by atoms with Crippen LogP contribution >= 0.6 is 0 Å². The third kappa shape index (κ3) is 16.0. The Bertz CT molecular complexity index is 1290. The molecule has 0 amide bonds. The standard InChI is InChI=1S/C12H17NO3.C10H15NO2S.C9H12FN.CH2O/c13-12(8-14,9-16-10-15)7-6-11-4-2-1-3-5-11;1-8-5-9(2)7-10(6-8)11(3)14(4,12)13;1-7(11-2)8-3-5-9(10)6-4-8;1-2/h1-5,10,14H,6-9,13H2;5-7H,1-4H3;3-7,11H,1-2H3;1H2/t;;7-;/m..1./s1. The number of nitrogens with one attached hydrogen (secondary N) is 1. The van der Waals surface area contributed by atoms with Crippen LogP contribution in [-0.2, 0) is 30.8 Å². The van der Waals surface area contributed by atoms with E-state index in [0.717, 1.165) is 28.7 Å². The lowest BCUT2D eigenvalue weighted by Gasteiger charge is -2.25. The van der Waals surface area contributed by atoms with Gasteiger partial charge < -0.3 is 25.7 Å². The molecule has 11 heteroatoms. The highest BCUT2D eigenvalue weighted by atomic mass is 32.2. The quantitative estimate of drug-likeness (QED) is 0.273. The molecule has 43 heavy (non-hydrogen) atoms. The van der Waals surface area contributed by atoms with Crippen molar-refractivity contribution < 1.29 is 32.2 Å². The molecule has 0 aliphatic rings. The van der Waals surface area contributed by atoms with Crippen LogP contribution in [0.3, 0.4) is 0 Å². The molecule has 4 N–H and O–H groups in total. The highest BCUT2D eigenvalue weighted by Crippen LogP contribution is 2.19. The summed E-state index contributed by atoms with van der Waals surface area (Å²) >= 11 is 0. The molecule has 3 aromatic carbocycles. The topological polar surface area (TPSA) is 139 Å². The van der Waals surface area contributed by atoms with E-state index in [1.807, 2.05) is 83.1 Å². The predicted molar refractivity (Wildman–Crippen MR) is 171 cm³/mol. The zero-order chi connectivity index (χ0) is 33.1. The van der Waals surface area contributed by atoms with Gasteiger partial charge in [-0.05, 0) is 87.2 Å². The number of aliphatic hydroxyl groups excluding tert-OH is 1. The summed E-state index contributed by atoms with van der Waals surface area (Å²) in [6.07, 6.45) is 2.52. The fraction of sp³-hybridized carbons (Fsp3) is 0.375. The maximum Gasteiger partial charge on any atom is 0.293 e. The van der Waals surface area contributed by atoms with Crippen molar-refractivity contribution >= 4 is 29.0 Å². The Labute approximate surface area is 255 Å². The molecule has 1 unspecified atom stereocenters. The van der Waals surface area contributed by atoms with Crippen LogP contribution in [0.5, 0.6) is 0 Å². The Balaban J connectivity index is 0.000000606. The zero-order valence-electron chi connectivity index (χ0n) is 25.9. The number of sulfonamides is 1. The van der Waals surface area contributed by atoms with Gasteiger partial charge in [0.05, 0.1) is 24.1 Å². The van der Waals surface area contributed by atoms with Crippen molar-refractivity contribution in [3.05, 3.63) is 101 Å². The molecule has 0 heterocycles. The van der Waals surface area contributed by atoms with E-state index in [-0.39, 0.29) is 25.1 Å². The van der Waals surface area contributed by atoms with Crippen LogP contribution in [0, 0.1) is 19.7 Å². The van der Waals surface area contributed by atoms with Crippen LogP contribution < -0.4 is 15.4 Å². The highest BCUT2D eigenvalue weighted by Gasteiger charge is 2.24. The number of carbonyl (C=O) groups excluding carboxylic acids is 2. The summed E-state index contributed by atoms with van der Waals surface area (Å²) in [6, 6.07) is 22.4. The van der Waals surface area contributed by atoms with E-state index in [2.05, 4.69) is 10.1 Å². The summed E-state index contributed by atoms with van der Waals surface area (Å²) in [6.45, 7) is 8.12. The molecule has 0 saturated heterocycles. The normalized spacial score (nSPS) is 12.4. The molecule has 2 atom stereocenters. The molecule has 0 fully saturated rings. The maximum absolute atomic E-state index is 12.4. The van der Waals surface area contributed by atoms with Gasteiger partial charge in [-0.25, -0.2) is 12.8 Å². The molecule has 9 nitrogen and oxygen atoms in total. The van der Waals surface area contributed by atoms with E-state index in [0.29, 0.717) is 18.6 Å². The Kier molecular flexibility index (Phi) is 18.6. The van der Waals surface area contributed by atoms with Crippen LogP contribution in [0.25, 0.3) is 0 Å². The van der Waals surface area contributed by atoms with E-state index in [1.54, 1.807) is 19.2 Å². The van der Waals surface area contributed by atoms with Crippen molar-refractivity contribution in [3.8, 4) is 0 Å². The smallest absolute Gasteiger partial charge is 0.293 e. The summed E-state index contributed by atoms with van der Waals surface area (Å²) < 4.78 is 40.9. The van der Waals surface area contributed by atoms with Gasteiger partial charge in [0.2, 0.25) is 10.0 Å². The lowest BCUT2D eigenvalue weighted by atomic mass is 9.94. The summed E-state index contributed by atoms with van der Waals surface area (Å²) in [4.78, 5) is 18.1. The molecule has 0 aromatic heterocycles. The van der Waals surface area contributed by atoms with E-state index in [1.165, 1.54) is 22.7 Å². The summed E-state index contributed by atoms with van der Waals surface area (Å²) in [5, 5.41) is 12.2. The fourth-order valence-electron chi connectivity index (χ4n) is 3.68. The summed E-state index contributed by atoms with van der Waals surface area (Å²) in [7, 11) is 0.286. The minimum absolute atomic E-state index is 0.0415. The Morgan fingerprint density at radius 3 is 2.05 bits per heavy atom. The molecule has 0 radical (unpaired) electrons. The number of benzene rings is 3. The second-order valence-electron chi connectivity index (χ2n) is 10.1. The van der Waals surface area contributed by atoms with Gasteiger partial charge in [0.1, 0.15) is 19.2 Å². The second kappa shape index (κ2) is 20.3. The summed E-state index contributed by atoms with van der Waals surface area (Å²) in [5.41, 5.74) is 10.1. The molecule has 238 valence electrons. The number of rotatable bonds is 11. The molecular formula is C32H46FN3O6S. The molecule has 0 spiro atoms. The largest absolute Gasteiger partial charge is 0.466 e. The average Bonchev–Trinajstić information content (AvgIpc) is 3.00. The molecular weight excluding hydrogens is 573 g/mol. The Morgan fingerprint density at radius 2 is 1.60 bits per heavy atom. The highest BCUT2D eigenvalue weighted by molar-refractivity contribution is 7.92. The van der Waals surface area contributed by atoms with Crippen molar-refractivity contribution in [2.75, 3.05) is 37.9 Å². The van der Waals surface area contributed by atoms with Crippen LogP contribution in [0.4, 0.5) is 10.1 Å². The Hall–Kier alpha value is -3.64. The molecule has 0 aliphatic carbocycles. The minimum Gasteiger partial charge on any atom is -0.466 e. The van der Waals surface area contributed by atoms with Crippen molar-refractivity contribution in [1.82, 2.24) is 5.32 Å². The first-order valence-electron chi connectivity index (χ1n) is 13.5.